The Bertz CT molecular complexity index is 672. The molecule has 1 amide bonds. The molecular weight excluding hydrogens is 595 g/mol. The van der Waals surface area contributed by atoms with E-state index in [2.05, 4.69) is 16.8 Å². The molecule has 0 saturated carbocycles. The molecule has 10 nitrogen and oxygen atoms in total. The van der Waals surface area contributed by atoms with Crippen LogP contribution in [0, 0.1) is 0 Å². The number of unbranched alkanes of at least 4 members (excludes halogenated alkanes) is 17. The van der Waals surface area contributed by atoms with Crippen molar-refractivity contribution in [3.05, 3.63) is 0 Å². The molecule has 0 bridgehead atoms. The Hall–Kier alpha value is 0.970. The Morgan fingerprint density at radius 2 is 1.19 bits per heavy atom. The van der Waals surface area contributed by atoms with Crippen molar-refractivity contribution in [2.24, 2.45) is 0 Å². The van der Waals surface area contributed by atoms with E-state index < -0.39 is 26.5 Å². The van der Waals surface area contributed by atoms with Crippen LogP contribution in [0.15, 0.2) is 0 Å². The van der Waals surface area contributed by atoms with Crippen molar-refractivity contribution in [3.63, 3.8) is 0 Å². The van der Waals surface area contributed by atoms with Crippen LogP contribution in [0.3, 0.4) is 0 Å². The molecule has 0 radical (unpaired) electrons. The van der Waals surface area contributed by atoms with Gasteiger partial charge in [0.25, 0.3) is 0 Å². The van der Waals surface area contributed by atoms with Crippen molar-refractivity contribution in [1.29, 1.82) is 0 Å². The third-order valence-electron chi connectivity index (χ3n) is 6.76. The molecule has 13 heteroatoms. The molecule has 0 aliphatic rings. The van der Waals surface area contributed by atoms with Gasteiger partial charge in [0.1, 0.15) is 12.9 Å². The quantitative estimate of drug-likeness (QED) is 0.0351. The zero-order valence-electron chi connectivity index (χ0n) is 27.9. The SMILES string of the molecule is CCCCCCCCCC(=O)O[C@@H](COCOCCCCCCCCCCCCCCNC(C)=O)COP(=O)([O-])[O-].[Na+].[Na+]. The maximum absolute atomic E-state index is 12.1. The van der Waals surface area contributed by atoms with Gasteiger partial charge in [0.15, 0.2) is 0 Å². The summed E-state index contributed by atoms with van der Waals surface area (Å²) < 4.78 is 31.3. The summed E-state index contributed by atoms with van der Waals surface area (Å²) in [4.78, 5) is 44.6. The molecule has 0 fully saturated rings. The first-order chi connectivity index (χ1) is 19.7. The number of carbonyl (C=O) groups excluding carboxylic acids is 2. The zero-order valence-corrected chi connectivity index (χ0v) is 32.8. The number of nitrogens with one attached hydrogen (secondary N) is 1. The molecule has 1 atom stereocenters. The number of carbonyl (C=O) groups is 2. The van der Waals surface area contributed by atoms with Crippen molar-refractivity contribution < 1.29 is 102 Å². The Morgan fingerprint density at radius 1 is 0.698 bits per heavy atom. The smallest absolute Gasteiger partial charge is 0.790 e. The van der Waals surface area contributed by atoms with Gasteiger partial charge in [-0.25, -0.2) is 0 Å². The molecule has 0 aliphatic carbocycles. The average Bonchev–Trinajstić information content (AvgIpc) is 2.91. The molecule has 0 unspecified atom stereocenters. The predicted molar refractivity (Wildman–Crippen MR) is 157 cm³/mol. The summed E-state index contributed by atoms with van der Waals surface area (Å²) in [5.74, 6) is -0.411. The van der Waals surface area contributed by atoms with Crippen LogP contribution in [0.2, 0.25) is 0 Å². The molecular formula is C30H58NNa2O9P. The second-order valence-electron chi connectivity index (χ2n) is 10.8. The first-order valence-corrected chi connectivity index (χ1v) is 17.5. The summed E-state index contributed by atoms with van der Waals surface area (Å²) in [5, 5.41) is 2.83. The van der Waals surface area contributed by atoms with Gasteiger partial charge in [0.05, 0.1) is 21.0 Å². The number of esters is 1. The largest absolute Gasteiger partial charge is 1.00 e. The fourth-order valence-electron chi connectivity index (χ4n) is 4.42. The van der Waals surface area contributed by atoms with E-state index in [1.807, 2.05) is 0 Å². The number of ether oxygens (including phenoxy) is 3. The minimum absolute atomic E-state index is 0. The molecule has 0 spiro atoms. The molecule has 1 N–H and O–H groups in total. The molecule has 0 saturated heterocycles. The van der Waals surface area contributed by atoms with Gasteiger partial charge in [-0.05, 0) is 19.3 Å². The second-order valence-corrected chi connectivity index (χ2v) is 12.0. The number of phosphoric ester groups is 1. The summed E-state index contributed by atoms with van der Waals surface area (Å²) in [6.45, 7) is 4.38. The van der Waals surface area contributed by atoms with E-state index in [1.165, 1.54) is 77.0 Å². The van der Waals surface area contributed by atoms with E-state index in [0.717, 1.165) is 45.1 Å². The number of amides is 1. The van der Waals surface area contributed by atoms with E-state index in [4.69, 9.17) is 14.2 Å². The van der Waals surface area contributed by atoms with Gasteiger partial charge in [-0.1, -0.05) is 110 Å². The van der Waals surface area contributed by atoms with Crippen molar-refractivity contribution in [1.82, 2.24) is 5.32 Å². The molecule has 0 aromatic heterocycles. The molecule has 0 aromatic carbocycles. The minimum atomic E-state index is -5.17. The van der Waals surface area contributed by atoms with Gasteiger partial charge in [-0.15, -0.1) is 0 Å². The molecule has 0 aliphatic heterocycles. The third-order valence-corrected chi connectivity index (χ3v) is 7.23. The van der Waals surface area contributed by atoms with E-state index in [0.29, 0.717) is 13.0 Å². The van der Waals surface area contributed by atoms with Gasteiger partial charge in [0, 0.05) is 26.5 Å². The van der Waals surface area contributed by atoms with Crippen LogP contribution < -0.4 is 74.2 Å². The maximum atomic E-state index is 12.1. The van der Waals surface area contributed by atoms with E-state index in [9.17, 15) is 23.9 Å². The van der Waals surface area contributed by atoms with Gasteiger partial charge in [0.2, 0.25) is 5.91 Å². The van der Waals surface area contributed by atoms with Crippen LogP contribution in [-0.2, 0) is 32.9 Å². The number of hydrogen-bond acceptors (Lipinski definition) is 9. The van der Waals surface area contributed by atoms with Gasteiger partial charge < -0.3 is 38.4 Å². The van der Waals surface area contributed by atoms with Crippen molar-refractivity contribution in [3.8, 4) is 0 Å². The Balaban J connectivity index is -0.00000800. The van der Waals surface area contributed by atoms with E-state index in [-0.39, 0.29) is 84.8 Å². The summed E-state index contributed by atoms with van der Waals surface area (Å²) in [6.07, 6.45) is 21.0. The monoisotopic (exact) mass is 653 g/mol. The van der Waals surface area contributed by atoms with Crippen molar-refractivity contribution in [2.45, 2.75) is 148 Å². The third kappa shape index (κ3) is 40.9. The first kappa shape index (κ1) is 48.4. The molecule has 0 aromatic rings. The minimum Gasteiger partial charge on any atom is -0.790 e. The fourth-order valence-corrected chi connectivity index (χ4v) is 4.77. The van der Waals surface area contributed by atoms with Crippen molar-refractivity contribution in [2.75, 3.05) is 33.2 Å². The second kappa shape index (κ2) is 35.8. The predicted octanol–water partition coefficient (Wildman–Crippen LogP) is -0.300. The Morgan fingerprint density at radius 3 is 1.70 bits per heavy atom. The van der Waals surface area contributed by atoms with E-state index in [1.54, 1.807) is 6.92 Å². The fraction of sp³-hybridized carbons (Fsp3) is 0.933. The summed E-state index contributed by atoms with van der Waals surface area (Å²) in [6, 6.07) is 0. The number of rotatable bonds is 31. The van der Waals surface area contributed by atoms with E-state index >= 15 is 0 Å². The average molecular weight is 654 g/mol. The van der Waals surface area contributed by atoms with Gasteiger partial charge in [-0.2, -0.15) is 0 Å². The standard InChI is InChI=1S/C30H60NO9P.2Na/c1-3-4-5-6-13-16-19-22-30(33)40-29(26-39-41(34,35)36)25-38-27-37-24-21-18-15-12-10-8-7-9-11-14-17-20-23-31-28(2)32;;/h29H,3-27H2,1-2H3,(H,31,32)(H2,34,35,36);;/q;2*+1/p-2/t29-;;/m0../s1. The van der Waals surface area contributed by atoms with Crippen LogP contribution >= 0.6 is 7.82 Å². The van der Waals surface area contributed by atoms with Crippen molar-refractivity contribution >= 4 is 19.7 Å². The number of hydrogen-bond donors (Lipinski definition) is 1. The Kier molecular flexibility index (Phi) is 40.3. The maximum Gasteiger partial charge on any atom is 1.00 e. The Labute approximate surface area is 306 Å². The molecule has 43 heavy (non-hydrogen) atoms. The number of phosphoric acid groups is 1. The zero-order chi connectivity index (χ0) is 30.4. The molecule has 244 valence electrons. The topological polar surface area (TPSA) is 146 Å². The normalized spacial score (nSPS) is 11.8. The summed E-state index contributed by atoms with van der Waals surface area (Å²) >= 11 is 0. The molecule has 0 rings (SSSR count). The first-order valence-electron chi connectivity index (χ1n) is 16.0. The molecule has 0 heterocycles. The summed E-state index contributed by atoms with van der Waals surface area (Å²) in [7, 11) is -5.17. The summed E-state index contributed by atoms with van der Waals surface area (Å²) in [5.41, 5.74) is 0. The van der Waals surface area contributed by atoms with Crippen LogP contribution in [-0.4, -0.2) is 51.1 Å². The van der Waals surface area contributed by atoms with Gasteiger partial charge in [-0.3, -0.25) is 9.59 Å². The van der Waals surface area contributed by atoms with Gasteiger partial charge >= 0.3 is 65.1 Å². The van der Waals surface area contributed by atoms with Crippen LogP contribution in [0.4, 0.5) is 0 Å². The van der Waals surface area contributed by atoms with Crippen LogP contribution in [0.5, 0.6) is 0 Å². The van der Waals surface area contributed by atoms with Crippen LogP contribution in [0.1, 0.15) is 142 Å². The van der Waals surface area contributed by atoms with Crippen LogP contribution in [0.25, 0.3) is 0 Å².